The van der Waals surface area contributed by atoms with Crippen molar-refractivity contribution in [1.82, 2.24) is 0 Å². The molecule has 0 aliphatic carbocycles. The largest absolute Gasteiger partial charge is 0.503 e. The quantitative estimate of drug-likeness (QED) is 0.433. The van der Waals surface area contributed by atoms with Crippen LogP contribution in [-0.2, 0) is 0 Å². The topological polar surface area (TPSA) is 57.5 Å². The lowest BCUT2D eigenvalue weighted by Gasteiger charge is -1.60. The molecule has 0 radical (unpaired) electrons. The zero-order valence-corrected chi connectivity index (χ0v) is 1.80. The van der Waals surface area contributed by atoms with Gasteiger partial charge in [0.05, 0.1) is 0 Å². The van der Waals surface area contributed by atoms with Crippen LogP contribution in [0, 0.1) is 0 Å². The molecule has 0 saturated heterocycles. The van der Waals surface area contributed by atoms with Crippen LogP contribution in [0.15, 0.2) is 0 Å². The average molecular weight is 280 g/mol. The zero-order valence-electron chi connectivity index (χ0n) is 1.80. The fourth-order valence-corrected chi connectivity index (χ4v) is 0. The van der Waals surface area contributed by atoms with Crippen LogP contribution in [-0.4, -0.2) is 189 Å². The maximum Gasteiger partial charge on any atom is 0.503 e. The van der Waals surface area contributed by atoms with Gasteiger partial charge in [0.2, 0.25) is 0 Å². The first-order valence-electron chi connectivity index (χ1n) is 0.651. The van der Waals surface area contributed by atoms with Gasteiger partial charge in [-0.1, -0.05) is 0 Å². The second kappa shape index (κ2) is 56.5. The fraction of sp³-hybridized carbons (Fsp3) is 0. The Morgan fingerprint density at radius 1 is 0.667 bits per heavy atom. The van der Waals surface area contributed by atoms with Crippen LogP contribution < -0.4 is 0 Å². The maximum absolute atomic E-state index is 8.56. The molecule has 0 rings (SSSR count). The summed E-state index contributed by atoms with van der Waals surface area (Å²) in [7, 11) is 0. The van der Waals surface area contributed by atoms with E-state index in [-0.39, 0.29) is 173 Å². The molecule has 0 aromatic rings. The fourth-order valence-electron chi connectivity index (χ4n) is 0. The Bertz CT molecular complexity index is 43.8. The van der Waals surface area contributed by atoms with Crippen molar-refractivity contribution in [2.75, 3.05) is 0 Å². The highest BCUT2D eigenvalue weighted by molar-refractivity contribution is 5.76. The first-order chi connectivity index (χ1) is 1.73. The highest BCUT2D eigenvalue weighted by Gasteiger charge is 1.70. The standard InChI is InChI=1S/CH2O3.2Al.6Mg.18H/c2-1(3)4;;;;;;;;;;;;;;;;;;;;;;;;;;/h(H2,2,3,4);;;;;;;;;;;;;;;;;;;;;;;;;;. The number of carboxylic acid groups (broad SMARTS) is 2. The molecular weight excluding hydrogens is 260 g/mol. The zero-order chi connectivity index (χ0) is 3.58. The third kappa shape index (κ3) is 119. The van der Waals surface area contributed by atoms with Gasteiger partial charge in [-0.15, -0.1) is 0 Å². The second-order valence-corrected chi connectivity index (χ2v) is 0.283. The molecular formula is CH20Al2Mg6O3. The molecule has 0 saturated carbocycles. The van der Waals surface area contributed by atoms with E-state index < -0.39 is 6.16 Å². The van der Waals surface area contributed by atoms with Crippen LogP contribution >= 0.6 is 0 Å². The van der Waals surface area contributed by atoms with E-state index in [4.69, 9.17) is 15.0 Å². The van der Waals surface area contributed by atoms with Gasteiger partial charge in [0.1, 0.15) is 0 Å². The number of hydrogen-bond acceptors (Lipinski definition) is 1. The summed E-state index contributed by atoms with van der Waals surface area (Å²) in [6.45, 7) is 0. The Labute approximate surface area is 190 Å². The van der Waals surface area contributed by atoms with E-state index in [9.17, 15) is 0 Å². The van der Waals surface area contributed by atoms with Crippen molar-refractivity contribution in [1.29, 1.82) is 0 Å². The Kier molecular flexibility index (Phi) is 321. The minimum absolute atomic E-state index is 0. The van der Waals surface area contributed by atoms with E-state index in [1.165, 1.54) is 0 Å². The van der Waals surface area contributed by atoms with Crippen molar-refractivity contribution in [3.8, 4) is 0 Å². The van der Waals surface area contributed by atoms with Gasteiger partial charge in [0.15, 0.2) is 34.7 Å². The molecule has 0 aliphatic rings. The van der Waals surface area contributed by atoms with Crippen molar-refractivity contribution in [2.24, 2.45) is 0 Å². The van der Waals surface area contributed by atoms with Crippen molar-refractivity contribution >= 4 is 179 Å². The lowest BCUT2D eigenvalue weighted by molar-refractivity contribution is 0.137. The predicted octanol–water partition coefficient (Wildman–Crippen LogP) is -7.64. The van der Waals surface area contributed by atoms with Gasteiger partial charge in [0.25, 0.3) is 0 Å². The van der Waals surface area contributed by atoms with Crippen LogP contribution in [0.2, 0.25) is 0 Å². The minimum atomic E-state index is -1.83. The average Bonchev–Trinajstić information content (AvgIpc) is 0.811. The number of hydrogen-bond donors (Lipinski definition) is 2. The Morgan fingerprint density at radius 2 is 0.667 bits per heavy atom. The summed E-state index contributed by atoms with van der Waals surface area (Å²) in [5.41, 5.74) is 0. The molecule has 0 aromatic heterocycles. The van der Waals surface area contributed by atoms with Gasteiger partial charge in [-0.05, 0) is 0 Å². The van der Waals surface area contributed by atoms with E-state index >= 15 is 0 Å². The molecule has 0 aromatic carbocycles. The molecule has 0 bridgehead atoms. The highest BCUT2D eigenvalue weighted by atomic mass is 27.0. The van der Waals surface area contributed by atoms with Gasteiger partial charge >= 0.3 is 144 Å². The second-order valence-electron chi connectivity index (χ2n) is 0.283. The summed E-state index contributed by atoms with van der Waals surface area (Å²) in [6.07, 6.45) is -1.83. The smallest absolute Gasteiger partial charge is 0.450 e. The lowest BCUT2D eigenvalue weighted by atomic mass is 11.5. The van der Waals surface area contributed by atoms with Gasteiger partial charge in [0, 0.05) is 0 Å². The van der Waals surface area contributed by atoms with Crippen molar-refractivity contribution in [2.45, 2.75) is 0 Å². The van der Waals surface area contributed by atoms with Crippen molar-refractivity contribution in [3.63, 3.8) is 0 Å². The predicted molar refractivity (Wildman–Crippen MR) is 81.8 cm³/mol. The summed E-state index contributed by atoms with van der Waals surface area (Å²) < 4.78 is 0. The molecule has 0 fully saturated rings. The molecule has 0 unspecified atom stereocenters. The summed E-state index contributed by atoms with van der Waals surface area (Å²) in [5, 5.41) is 13.9. The Balaban J connectivity index is -0.00000000161. The third-order valence-corrected chi connectivity index (χ3v) is 0. The molecule has 0 atom stereocenters. The number of carbonyl (C=O) groups is 1. The molecule has 11 heteroatoms. The summed E-state index contributed by atoms with van der Waals surface area (Å²) in [4.78, 5) is 8.56. The van der Waals surface area contributed by atoms with Crippen LogP contribution in [0.25, 0.3) is 0 Å². The van der Waals surface area contributed by atoms with Gasteiger partial charge in [-0.3, -0.25) is 0 Å². The molecule has 3 nitrogen and oxygen atoms in total. The van der Waals surface area contributed by atoms with Gasteiger partial charge in [-0.25, -0.2) is 4.79 Å². The summed E-state index contributed by atoms with van der Waals surface area (Å²) >= 11 is 0. The van der Waals surface area contributed by atoms with E-state index in [0.29, 0.717) is 0 Å². The first kappa shape index (κ1) is 68.3. The van der Waals surface area contributed by atoms with Crippen LogP contribution in [0.4, 0.5) is 4.79 Å². The monoisotopic (exact) mass is 278 g/mol. The summed E-state index contributed by atoms with van der Waals surface area (Å²) in [6, 6.07) is 0. The number of rotatable bonds is 0. The lowest BCUT2D eigenvalue weighted by Crippen LogP contribution is -1.81. The van der Waals surface area contributed by atoms with Crippen LogP contribution in [0.3, 0.4) is 0 Å². The minimum Gasteiger partial charge on any atom is -0.450 e. The van der Waals surface area contributed by atoms with E-state index in [1.54, 1.807) is 0 Å². The summed E-state index contributed by atoms with van der Waals surface area (Å²) in [5.74, 6) is 0. The molecule has 0 spiro atoms. The van der Waals surface area contributed by atoms with Crippen LogP contribution in [0.1, 0.15) is 0 Å². The molecule has 0 heterocycles. The molecule has 60 valence electrons. The molecule has 2 N–H and O–H groups in total. The molecule has 12 heavy (non-hydrogen) atoms. The maximum atomic E-state index is 8.56. The van der Waals surface area contributed by atoms with E-state index in [0.717, 1.165) is 0 Å². The van der Waals surface area contributed by atoms with E-state index in [1.807, 2.05) is 0 Å². The van der Waals surface area contributed by atoms with Crippen molar-refractivity contribution < 1.29 is 15.0 Å². The highest BCUT2D eigenvalue weighted by Crippen LogP contribution is 1.42. The van der Waals surface area contributed by atoms with Gasteiger partial charge in [-0.2, -0.15) is 0 Å². The van der Waals surface area contributed by atoms with Crippen molar-refractivity contribution in [3.05, 3.63) is 0 Å². The Morgan fingerprint density at radius 3 is 0.667 bits per heavy atom. The first-order valence-corrected chi connectivity index (χ1v) is 0.651. The Hall–Kier alpha value is 4.93. The van der Waals surface area contributed by atoms with Gasteiger partial charge < -0.3 is 10.2 Å². The normalized spacial score (nSPS) is 2.00. The van der Waals surface area contributed by atoms with Crippen LogP contribution in [0.5, 0.6) is 0 Å². The molecule has 0 aliphatic heterocycles. The van der Waals surface area contributed by atoms with E-state index in [2.05, 4.69) is 0 Å². The third-order valence-electron chi connectivity index (χ3n) is 0. The SMILES string of the molecule is O=C(O)O.[AlH3].[AlH3].[MgH2].[MgH2].[MgH2].[MgH2].[MgH2].[MgH2]. The molecule has 0 amide bonds.